The van der Waals surface area contributed by atoms with Gasteiger partial charge in [0.1, 0.15) is 6.10 Å². The van der Waals surface area contributed by atoms with Crippen molar-refractivity contribution in [2.75, 3.05) is 33.2 Å². The zero-order chi connectivity index (χ0) is 28.8. The minimum absolute atomic E-state index is 0.0218. The number of piperidine rings is 1. The highest BCUT2D eigenvalue weighted by Gasteiger charge is 2.48. The van der Waals surface area contributed by atoms with Crippen LogP contribution in [-0.4, -0.2) is 83.9 Å². The van der Waals surface area contributed by atoms with Crippen molar-refractivity contribution in [1.82, 2.24) is 14.7 Å². The van der Waals surface area contributed by atoms with Crippen LogP contribution in [0.3, 0.4) is 0 Å². The lowest BCUT2D eigenvalue weighted by Gasteiger charge is -2.35. The van der Waals surface area contributed by atoms with Crippen LogP contribution >= 0.6 is 23.2 Å². The first-order chi connectivity index (χ1) is 18.9. The fourth-order valence-electron chi connectivity index (χ4n) is 6.29. The number of hydrogen-bond donors (Lipinski definition) is 0. The number of rotatable bonds is 5. The van der Waals surface area contributed by atoms with Gasteiger partial charge in [0, 0.05) is 63.3 Å². The molecule has 2 aliphatic heterocycles. The van der Waals surface area contributed by atoms with Gasteiger partial charge in [-0.1, -0.05) is 36.2 Å². The molecule has 2 saturated carbocycles. The predicted molar refractivity (Wildman–Crippen MR) is 148 cm³/mol. The summed E-state index contributed by atoms with van der Waals surface area (Å²) in [5.41, 5.74) is 0.633. The maximum absolute atomic E-state index is 13.7. The summed E-state index contributed by atoms with van der Waals surface area (Å²) < 4.78 is 32.8. The van der Waals surface area contributed by atoms with Crippen LogP contribution < -0.4 is 0 Å². The molecule has 11 heteroatoms. The first kappa shape index (κ1) is 29.4. The highest BCUT2D eigenvalue weighted by molar-refractivity contribution is 6.42. The Morgan fingerprint density at radius 2 is 1.60 bits per heavy atom. The average molecular weight is 601 g/mol. The van der Waals surface area contributed by atoms with Crippen LogP contribution in [0, 0.1) is 11.3 Å². The SMILES string of the molecule is CN(C(=O)OC1CCC(F)(F)CC1)C1CN(C(=O)C2CCN(C(=O)C3(C)CC3)CC2)CC1c1ccc(Cl)c(Cl)c1. The van der Waals surface area contributed by atoms with E-state index in [1.54, 1.807) is 24.1 Å². The summed E-state index contributed by atoms with van der Waals surface area (Å²) in [5, 5.41) is 0.800. The number of benzene rings is 1. The number of carbonyl (C=O) groups is 3. The van der Waals surface area contributed by atoms with Gasteiger partial charge in [0.25, 0.3) is 0 Å². The monoisotopic (exact) mass is 599 g/mol. The van der Waals surface area contributed by atoms with Crippen molar-refractivity contribution in [3.05, 3.63) is 33.8 Å². The van der Waals surface area contributed by atoms with E-state index >= 15 is 0 Å². The van der Waals surface area contributed by atoms with Gasteiger partial charge < -0.3 is 19.4 Å². The Kier molecular flexibility index (Phi) is 8.28. The molecule has 4 aliphatic rings. The summed E-state index contributed by atoms with van der Waals surface area (Å²) in [5.74, 6) is -2.91. The van der Waals surface area contributed by atoms with Crippen LogP contribution in [0.15, 0.2) is 18.2 Å². The highest BCUT2D eigenvalue weighted by Crippen LogP contribution is 2.47. The van der Waals surface area contributed by atoms with Gasteiger partial charge in [-0.25, -0.2) is 13.6 Å². The van der Waals surface area contributed by atoms with Crippen molar-refractivity contribution in [3.63, 3.8) is 0 Å². The number of hydrogen-bond acceptors (Lipinski definition) is 4. The van der Waals surface area contributed by atoms with Crippen molar-refractivity contribution in [1.29, 1.82) is 0 Å². The third-order valence-electron chi connectivity index (χ3n) is 9.34. The molecule has 2 atom stereocenters. The molecule has 40 heavy (non-hydrogen) atoms. The highest BCUT2D eigenvalue weighted by atomic mass is 35.5. The maximum Gasteiger partial charge on any atom is 0.410 e. The van der Waals surface area contributed by atoms with Crippen LogP contribution in [0.1, 0.15) is 69.8 Å². The smallest absolute Gasteiger partial charge is 0.410 e. The minimum atomic E-state index is -2.71. The third kappa shape index (κ3) is 6.20. The van der Waals surface area contributed by atoms with Crippen molar-refractivity contribution in [3.8, 4) is 0 Å². The Hall–Kier alpha value is -2.13. The molecule has 2 saturated heterocycles. The lowest BCUT2D eigenvalue weighted by molar-refractivity contribution is -0.142. The lowest BCUT2D eigenvalue weighted by atomic mass is 9.93. The van der Waals surface area contributed by atoms with Gasteiger partial charge in [0.15, 0.2) is 0 Å². The second kappa shape index (κ2) is 11.3. The molecule has 4 fully saturated rings. The Morgan fingerprint density at radius 1 is 0.950 bits per heavy atom. The quantitative estimate of drug-likeness (QED) is 0.418. The molecule has 0 aromatic heterocycles. The number of halogens is 4. The molecule has 0 bridgehead atoms. The van der Waals surface area contributed by atoms with Crippen LogP contribution in [0.2, 0.25) is 10.0 Å². The molecule has 3 amide bonds. The van der Waals surface area contributed by atoms with Crippen molar-refractivity contribution in [2.24, 2.45) is 11.3 Å². The molecule has 2 heterocycles. The summed E-state index contributed by atoms with van der Waals surface area (Å²) in [6, 6.07) is 4.93. The van der Waals surface area contributed by atoms with E-state index in [2.05, 4.69) is 0 Å². The first-order valence-corrected chi connectivity index (χ1v) is 15.0. The Balaban J connectivity index is 1.26. The van der Waals surface area contributed by atoms with E-state index in [1.165, 1.54) is 4.90 Å². The number of likely N-dealkylation sites (N-methyl/N-ethyl adjacent to an activating group) is 1. The van der Waals surface area contributed by atoms with Gasteiger partial charge in [-0.3, -0.25) is 9.59 Å². The molecule has 0 radical (unpaired) electrons. The molecule has 1 aromatic rings. The molecule has 2 aliphatic carbocycles. The van der Waals surface area contributed by atoms with Crippen molar-refractivity contribution in [2.45, 2.75) is 82.3 Å². The van der Waals surface area contributed by atoms with Crippen LogP contribution in [-0.2, 0) is 14.3 Å². The van der Waals surface area contributed by atoms with Crippen LogP contribution in [0.4, 0.5) is 13.6 Å². The number of amides is 3. The number of carbonyl (C=O) groups excluding carboxylic acids is 3. The molecule has 0 spiro atoms. The zero-order valence-corrected chi connectivity index (χ0v) is 24.5. The molecule has 220 valence electrons. The number of ether oxygens (including phenoxy) is 1. The lowest BCUT2D eigenvalue weighted by Crippen LogP contribution is -2.47. The van der Waals surface area contributed by atoms with Crippen LogP contribution in [0.25, 0.3) is 0 Å². The second-order valence-electron chi connectivity index (χ2n) is 12.3. The molecule has 7 nitrogen and oxygen atoms in total. The minimum Gasteiger partial charge on any atom is -0.446 e. The topological polar surface area (TPSA) is 70.2 Å². The standard InChI is InChI=1S/C29H37Cl2F2N3O4/c1-28(11-12-28)26(38)35-13-7-18(8-14-35)25(37)36-16-21(19-3-4-22(30)23(31)15-19)24(17-36)34(2)27(39)40-20-5-9-29(32,33)10-6-20/h3-4,15,18,20-21,24H,5-14,16-17H2,1-2H3. The van der Waals surface area contributed by atoms with Gasteiger partial charge >= 0.3 is 6.09 Å². The van der Waals surface area contributed by atoms with Gasteiger partial charge in [0.2, 0.25) is 17.7 Å². The van der Waals surface area contributed by atoms with Gasteiger partial charge in [-0.05, 0) is 56.2 Å². The number of alkyl halides is 2. The number of nitrogens with zero attached hydrogens (tertiary/aromatic N) is 3. The van der Waals surface area contributed by atoms with Crippen molar-refractivity contribution < 1.29 is 27.9 Å². The molecule has 5 rings (SSSR count). The Labute approximate surface area is 244 Å². The van der Waals surface area contributed by atoms with E-state index in [9.17, 15) is 23.2 Å². The second-order valence-corrected chi connectivity index (χ2v) is 13.1. The number of likely N-dealkylation sites (tertiary alicyclic amines) is 2. The third-order valence-corrected chi connectivity index (χ3v) is 10.1. The zero-order valence-electron chi connectivity index (χ0n) is 23.0. The van der Waals surface area contributed by atoms with Gasteiger partial charge in [-0.15, -0.1) is 0 Å². The van der Waals surface area contributed by atoms with E-state index in [-0.39, 0.29) is 54.7 Å². The Bertz CT molecular complexity index is 1150. The average Bonchev–Trinajstić information content (AvgIpc) is 3.53. The summed E-state index contributed by atoms with van der Waals surface area (Å²) in [4.78, 5) is 44.8. The Morgan fingerprint density at radius 3 is 2.20 bits per heavy atom. The molecular weight excluding hydrogens is 563 g/mol. The van der Waals surface area contributed by atoms with E-state index < -0.39 is 24.2 Å². The van der Waals surface area contributed by atoms with E-state index in [0.29, 0.717) is 49.1 Å². The van der Waals surface area contributed by atoms with E-state index in [1.807, 2.05) is 17.9 Å². The van der Waals surface area contributed by atoms with E-state index in [4.69, 9.17) is 27.9 Å². The predicted octanol–water partition coefficient (Wildman–Crippen LogP) is 5.97. The molecule has 2 unspecified atom stereocenters. The molecular formula is C29H37Cl2F2N3O4. The maximum atomic E-state index is 13.7. The summed E-state index contributed by atoms with van der Waals surface area (Å²) in [7, 11) is 1.63. The molecule has 1 aromatic carbocycles. The summed E-state index contributed by atoms with van der Waals surface area (Å²) >= 11 is 12.5. The van der Waals surface area contributed by atoms with Gasteiger partial charge in [-0.2, -0.15) is 0 Å². The fourth-order valence-corrected chi connectivity index (χ4v) is 6.60. The van der Waals surface area contributed by atoms with E-state index in [0.717, 1.165) is 18.4 Å². The van der Waals surface area contributed by atoms with Crippen LogP contribution in [0.5, 0.6) is 0 Å². The van der Waals surface area contributed by atoms with Crippen molar-refractivity contribution >= 4 is 41.1 Å². The van der Waals surface area contributed by atoms with Gasteiger partial charge in [0.05, 0.1) is 16.1 Å². The summed E-state index contributed by atoms with van der Waals surface area (Å²) in [6.45, 7) is 3.86. The largest absolute Gasteiger partial charge is 0.446 e. The normalized spacial score (nSPS) is 26.4. The fraction of sp³-hybridized carbons (Fsp3) is 0.690. The molecule has 0 N–H and O–H groups in total. The summed E-state index contributed by atoms with van der Waals surface area (Å²) in [6.07, 6.45) is 1.61. The first-order valence-electron chi connectivity index (χ1n) is 14.2.